The van der Waals surface area contributed by atoms with E-state index in [1.807, 2.05) is 0 Å². The molecule has 0 atom stereocenters. The smallest absolute Gasteiger partial charge is 0.0823 e. The van der Waals surface area contributed by atoms with Gasteiger partial charge in [0, 0.05) is 0 Å². The third-order valence-electron chi connectivity index (χ3n) is 3.68. The maximum atomic E-state index is 3.76. The standard InChI is InChI=1S/C19H30Si/c1-6-7-11-17(2)16-19(20(3,4)5)15-14-18-12-9-8-10-13-18/h8-10,12-13H,6-7,11,14-15H2,1-5H3. The van der Waals surface area contributed by atoms with Crippen LogP contribution in [0.1, 0.15) is 45.1 Å². The van der Waals surface area contributed by atoms with E-state index in [1.54, 1.807) is 5.20 Å². The van der Waals surface area contributed by atoms with Gasteiger partial charge in [-0.2, -0.15) is 0 Å². The van der Waals surface area contributed by atoms with Crippen LogP contribution in [-0.2, 0) is 6.42 Å². The fourth-order valence-electron chi connectivity index (χ4n) is 2.30. The minimum absolute atomic E-state index is 1.15. The number of rotatable bonds is 7. The summed E-state index contributed by atoms with van der Waals surface area (Å²) in [5, 5.41) is 1.59. The third kappa shape index (κ3) is 6.41. The summed E-state index contributed by atoms with van der Waals surface area (Å²) in [5.41, 5.74) is 6.64. The number of hydrogen-bond acceptors (Lipinski definition) is 0. The zero-order valence-electron chi connectivity index (χ0n) is 13.9. The Kier molecular flexibility index (Phi) is 7.05. The molecule has 0 radical (unpaired) electrons. The molecule has 0 N–H and O–H groups in total. The molecule has 0 nitrogen and oxygen atoms in total. The highest BCUT2D eigenvalue weighted by Crippen LogP contribution is 2.21. The van der Waals surface area contributed by atoms with Crippen molar-refractivity contribution < 1.29 is 0 Å². The summed E-state index contributed by atoms with van der Waals surface area (Å²) in [4.78, 5) is 0. The number of unbranched alkanes of at least 4 members (excludes halogenated alkanes) is 1. The highest BCUT2D eigenvalue weighted by molar-refractivity contribution is 6.83. The molecule has 0 aromatic heterocycles. The van der Waals surface area contributed by atoms with Gasteiger partial charge in [-0.15, -0.1) is 5.73 Å². The topological polar surface area (TPSA) is 0 Å². The fourth-order valence-corrected chi connectivity index (χ4v) is 3.76. The summed E-state index contributed by atoms with van der Waals surface area (Å²) in [6.07, 6.45) is 6.08. The molecule has 0 fully saturated rings. The first-order valence-electron chi connectivity index (χ1n) is 7.93. The lowest BCUT2D eigenvalue weighted by molar-refractivity contribution is 0.787. The fraction of sp³-hybridized carbons (Fsp3) is 0.526. The Bertz CT molecular complexity index is 456. The molecule has 1 aromatic carbocycles. The first-order valence-corrected chi connectivity index (χ1v) is 11.4. The van der Waals surface area contributed by atoms with Crippen LogP contribution in [0.5, 0.6) is 0 Å². The summed E-state index contributed by atoms with van der Waals surface area (Å²) >= 11 is 0. The van der Waals surface area contributed by atoms with Crippen LogP contribution in [0.4, 0.5) is 0 Å². The lowest BCUT2D eigenvalue weighted by atomic mass is 10.1. The summed E-state index contributed by atoms with van der Waals surface area (Å²) in [5.74, 6) is 0. The SMILES string of the molecule is CCCCC(C)=C=C(CCc1ccccc1)[Si](C)(C)C. The van der Waals surface area contributed by atoms with E-state index in [9.17, 15) is 0 Å². The van der Waals surface area contributed by atoms with Crippen molar-refractivity contribution in [2.75, 3.05) is 0 Å². The maximum Gasteiger partial charge on any atom is 0.0823 e. The Balaban J connectivity index is 2.83. The minimum Gasteiger partial charge on any atom is -0.127 e. The lowest BCUT2D eigenvalue weighted by Crippen LogP contribution is -2.24. The number of benzene rings is 1. The maximum absolute atomic E-state index is 3.76. The summed E-state index contributed by atoms with van der Waals surface area (Å²) in [7, 11) is -1.26. The molecule has 0 aliphatic heterocycles. The average molecular weight is 287 g/mol. The molecule has 1 rings (SSSR count). The molecule has 1 heteroatoms. The van der Waals surface area contributed by atoms with Gasteiger partial charge in [0.05, 0.1) is 8.07 Å². The van der Waals surface area contributed by atoms with Crippen molar-refractivity contribution in [1.29, 1.82) is 0 Å². The lowest BCUT2D eigenvalue weighted by Gasteiger charge is -2.19. The van der Waals surface area contributed by atoms with Crippen molar-refractivity contribution >= 4 is 8.07 Å². The van der Waals surface area contributed by atoms with Crippen molar-refractivity contribution in [3.8, 4) is 0 Å². The van der Waals surface area contributed by atoms with E-state index in [4.69, 9.17) is 0 Å². The van der Waals surface area contributed by atoms with Crippen molar-refractivity contribution in [2.45, 2.75) is 65.6 Å². The van der Waals surface area contributed by atoms with Crippen molar-refractivity contribution in [3.63, 3.8) is 0 Å². The monoisotopic (exact) mass is 286 g/mol. The van der Waals surface area contributed by atoms with E-state index in [0.29, 0.717) is 0 Å². The minimum atomic E-state index is -1.26. The van der Waals surface area contributed by atoms with Gasteiger partial charge in [-0.1, -0.05) is 63.3 Å². The number of hydrogen-bond donors (Lipinski definition) is 0. The van der Waals surface area contributed by atoms with E-state index in [0.717, 1.165) is 6.42 Å². The second-order valence-corrected chi connectivity index (χ2v) is 11.8. The molecule has 20 heavy (non-hydrogen) atoms. The zero-order valence-corrected chi connectivity index (χ0v) is 14.9. The molecule has 0 bridgehead atoms. The van der Waals surface area contributed by atoms with E-state index < -0.39 is 8.07 Å². The van der Waals surface area contributed by atoms with Gasteiger partial charge in [-0.05, 0) is 48.9 Å². The first-order chi connectivity index (χ1) is 9.43. The van der Waals surface area contributed by atoms with Crippen LogP contribution in [0.3, 0.4) is 0 Å². The van der Waals surface area contributed by atoms with Gasteiger partial charge in [0.15, 0.2) is 0 Å². The van der Waals surface area contributed by atoms with Crippen LogP contribution in [-0.4, -0.2) is 8.07 Å². The van der Waals surface area contributed by atoms with Crippen LogP contribution >= 0.6 is 0 Å². The largest absolute Gasteiger partial charge is 0.127 e. The molecule has 1 aromatic rings. The van der Waals surface area contributed by atoms with Crippen molar-refractivity contribution in [3.05, 3.63) is 52.4 Å². The Morgan fingerprint density at radius 3 is 2.25 bits per heavy atom. The number of allylic oxidation sites excluding steroid dienone is 1. The molecule has 0 aliphatic carbocycles. The molecule has 0 amide bonds. The molecule has 0 spiro atoms. The summed E-state index contributed by atoms with van der Waals surface area (Å²) < 4.78 is 0. The van der Waals surface area contributed by atoms with Crippen LogP contribution in [0, 0.1) is 0 Å². The van der Waals surface area contributed by atoms with Gasteiger partial charge >= 0.3 is 0 Å². The molecule has 0 saturated carbocycles. The first kappa shape index (κ1) is 17.0. The predicted octanol–water partition coefficient (Wildman–Crippen LogP) is 6.16. The van der Waals surface area contributed by atoms with Crippen LogP contribution < -0.4 is 0 Å². The van der Waals surface area contributed by atoms with Gasteiger partial charge in [0.1, 0.15) is 0 Å². The van der Waals surface area contributed by atoms with Crippen LogP contribution in [0.2, 0.25) is 19.6 Å². The van der Waals surface area contributed by atoms with E-state index in [-0.39, 0.29) is 0 Å². The Hall–Kier alpha value is -1.04. The molecular formula is C19H30Si. The molecule has 110 valence electrons. The van der Waals surface area contributed by atoms with Crippen LogP contribution in [0.15, 0.2) is 46.8 Å². The van der Waals surface area contributed by atoms with E-state index >= 15 is 0 Å². The Labute approximate surface area is 126 Å². The molecule has 0 unspecified atom stereocenters. The molecular weight excluding hydrogens is 256 g/mol. The van der Waals surface area contributed by atoms with Gasteiger partial charge in [-0.3, -0.25) is 0 Å². The molecule has 0 saturated heterocycles. The predicted molar refractivity (Wildman–Crippen MR) is 93.8 cm³/mol. The van der Waals surface area contributed by atoms with Crippen molar-refractivity contribution in [1.82, 2.24) is 0 Å². The number of aryl methyl sites for hydroxylation is 1. The van der Waals surface area contributed by atoms with Crippen LogP contribution in [0.25, 0.3) is 0 Å². The Morgan fingerprint density at radius 1 is 1.05 bits per heavy atom. The zero-order chi connectivity index (χ0) is 15.0. The van der Waals surface area contributed by atoms with Gasteiger partial charge in [0.2, 0.25) is 0 Å². The van der Waals surface area contributed by atoms with Gasteiger partial charge < -0.3 is 0 Å². The van der Waals surface area contributed by atoms with E-state index in [2.05, 4.69) is 69.6 Å². The van der Waals surface area contributed by atoms with Gasteiger partial charge in [0.25, 0.3) is 0 Å². The highest BCUT2D eigenvalue weighted by Gasteiger charge is 2.19. The second kappa shape index (κ2) is 8.29. The second-order valence-electron chi connectivity index (χ2n) is 6.72. The quantitative estimate of drug-likeness (QED) is 0.416. The van der Waals surface area contributed by atoms with E-state index in [1.165, 1.54) is 36.8 Å². The summed E-state index contributed by atoms with van der Waals surface area (Å²) in [6, 6.07) is 10.8. The normalized spacial score (nSPS) is 11.1. The highest BCUT2D eigenvalue weighted by atomic mass is 28.3. The summed E-state index contributed by atoms with van der Waals surface area (Å²) in [6.45, 7) is 11.8. The molecule has 0 heterocycles. The average Bonchev–Trinajstić information content (AvgIpc) is 2.41. The van der Waals surface area contributed by atoms with Crippen molar-refractivity contribution in [2.24, 2.45) is 0 Å². The Morgan fingerprint density at radius 2 is 1.70 bits per heavy atom. The van der Waals surface area contributed by atoms with Gasteiger partial charge in [-0.25, -0.2) is 0 Å². The third-order valence-corrected chi connectivity index (χ3v) is 5.87. The molecule has 0 aliphatic rings.